The summed E-state index contributed by atoms with van der Waals surface area (Å²) >= 11 is 3.43. The summed E-state index contributed by atoms with van der Waals surface area (Å²) in [6.45, 7) is 2.60. The first kappa shape index (κ1) is 32.2. The fourth-order valence-electron chi connectivity index (χ4n) is 5.85. The lowest BCUT2D eigenvalue weighted by molar-refractivity contribution is -0.268. The number of thioether (sulfide) groups is 1. The fraction of sp³-hybridized carbons (Fsp3) is 0.205. The molecule has 9 heteroatoms. The van der Waals surface area contributed by atoms with Crippen LogP contribution in [0.1, 0.15) is 51.9 Å². The number of rotatable bonds is 10. The Balaban J connectivity index is 1.08. The Morgan fingerprint density at radius 1 is 0.875 bits per heavy atom. The second-order valence-corrected chi connectivity index (χ2v) is 14.1. The van der Waals surface area contributed by atoms with Crippen LogP contribution in [0.15, 0.2) is 126 Å². The minimum absolute atomic E-state index is 0.00379. The van der Waals surface area contributed by atoms with E-state index in [0.29, 0.717) is 12.1 Å². The zero-order chi connectivity index (χ0) is 32.9. The van der Waals surface area contributed by atoms with E-state index in [4.69, 9.17) is 14.5 Å². The minimum Gasteiger partial charge on any atom is -0.392 e. The molecule has 0 saturated carbocycles. The summed E-state index contributed by atoms with van der Waals surface area (Å²) < 4.78 is 15.6. The minimum atomic E-state index is -0.548. The van der Waals surface area contributed by atoms with Crippen LogP contribution in [0.5, 0.6) is 0 Å². The molecule has 0 spiro atoms. The maximum absolute atomic E-state index is 12.5. The lowest BCUT2D eigenvalue weighted by Crippen LogP contribution is -2.38. The largest absolute Gasteiger partial charge is 0.392 e. The fourth-order valence-corrected chi connectivity index (χ4v) is 8.11. The first-order valence-electron chi connectivity index (χ1n) is 15.9. The molecule has 0 radical (unpaired) electrons. The third kappa shape index (κ3) is 7.36. The average Bonchev–Trinajstić information content (AvgIpc) is 3.57. The van der Waals surface area contributed by atoms with Crippen molar-refractivity contribution < 1.29 is 19.4 Å². The van der Waals surface area contributed by atoms with Gasteiger partial charge in [0.05, 0.1) is 34.6 Å². The third-order valence-electron chi connectivity index (χ3n) is 8.59. The molecule has 1 aliphatic heterocycles. The van der Waals surface area contributed by atoms with E-state index in [0.717, 1.165) is 49.0 Å². The van der Waals surface area contributed by atoms with Crippen LogP contribution in [0.3, 0.4) is 0 Å². The molecule has 1 fully saturated rings. The summed E-state index contributed by atoms with van der Waals surface area (Å²) in [7, 11) is 0. The van der Waals surface area contributed by atoms with E-state index in [1.807, 2.05) is 54.6 Å². The molecular weight excluding hydrogens is 639 g/mol. The van der Waals surface area contributed by atoms with Crippen molar-refractivity contribution in [2.75, 3.05) is 5.75 Å². The van der Waals surface area contributed by atoms with Crippen LogP contribution in [0, 0.1) is 5.92 Å². The molecule has 2 aromatic heterocycles. The lowest BCUT2D eigenvalue weighted by atomic mass is 9.91. The molecule has 4 atom stereocenters. The molecule has 0 unspecified atom stereocenters. The zero-order valence-electron chi connectivity index (χ0n) is 26.4. The predicted octanol–water partition coefficient (Wildman–Crippen LogP) is 8.36. The van der Waals surface area contributed by atoms with Gasteiger partial charge in [0.25, 0.3) is 5.91 Å². The number of aliphatic hydroxyl groups is 1. The average molecular weight is 674 g/mol. The SMILES string of the molecule is C[C@H]1[C@@H](CSc2nc3ccccc3s2)O[C@@H](c2ccc(-c3cccc(CNC(=O)c4cccnc4)c3)cc2)O[C@H]1c1ccc(CO)cc1. The van der Waals surface area contributed by atoms with Crippen molar-refractivity contribution in [3.63, 3.8) is 0 Å². The van der Waals surface area contributed by atoms with Crippen molar-refractivity contribution in [2.24, 2.45) is 5.92 Å². The molecule has 1 amide bonds. The van der Waals surface area contributed by atoms with E-state index in [1.165, 1.54) is 4.70 Å². The number of nitrogens with zero attached hydrogens (tertiary/aromatic N) is 2. The number of carbonyl (C=O) groups excluding carboxylic acids is 1. The lowest BCUT2D eigenvalue weighted by Gasteiger charge is -2.41. The molecule has 242 valence electrons. The molecule has 1 saturated heterocycles. The molecular formula is C39H35N3O4S2. The number of benzene rings is 4. The van der Waals surface area contributed by atoms with Gasteiger partial charge in [-0.25, -0.2) is 4.98 Å². The van der Waals surface area contributed by atoms with Crippen LogP contribution in [-0.2, 0) is 22.6 Å². The number of ether oxygens (including phenoxy) is 2. The van der Waals surface area contributed by atoms with E-state index >= 15 is 0 Å². The quantitative estimate of drug-likeness (QED) is 0.141. The van der Waals surface area contributed by atoms with Gasteiger partial charge in [0.2, 0.25) is 0 Å². The molecule has 6 aromatic rings. The highest BCUT2D eigenvalue weighted by Gasteiger charge is 2.38. The molecule has 48 heavy (non-hydrogen) atoms. The molecule has 0 bridgehead atoms. The van der Waals surface area contributed by atoms with Crippen LogP contribution in [0.25, 0.3) is 21.3 Å². The van der Waals surface area contributed by atoms with Crippen molar-refractivity contribution in [1.82, 2.24) is 15.3 Å². The van der Waals surface area contributed by atoms with E-state index in [-0.39, 0.29) is 30.6 Å². The van der Waals surface area contributed by atoms with Gasteiger partial charge >= 0.3 is 0 Å². The van der Waals surface area contributed by atoms with E-state index in [2.05, 4.69) is 59.7 Å². The monoisotopic (exact) mass is 673 g/mol. The maximum atomic E-state index is 12.5. The number of amides is 1. The number of aliphatic hydroxyl groups excluding tert-OH is 1. The van der Waals surface area contributed by atoms with Gasteiger partial charge in [-0.15, -0.1) is 11.3 Å². The number of thiazole rings is 1. The Labute approximate surface area is 288 Å². The van der Waals surface area contributed by atoms with Crippen LogP contribution >= 0.6 is 23.1 Å². The molecule has 0 aliphatic carbocycles. The van der Waals surface area contributed by atoms with Crippen molar-refractivity contribution in [1.29, 1.82) is 0 Å². The molecule has 2 N–H and O–H groups in total. The van der Waals surface area contributed by atoms with Crippen LogP contribution < -0.4 is 5.32 Å². The van der Waals surface area contributed by atoms with Crippen molar-refractivity contribution in [2.45, 2.75) is 42.9 Å². The number of fused-ring (bicyclic) bond motifs is 1. The Kier molecular flexibility index (Phi) is 9.92. The number of pyridine rings is 1. The summed E-state index contributed by atoms with van der Waals surface area (Å²) in [4.78, 5) is 21.4. The van der Waals surface area contributed by atoms with Crippen molar-refractivity contribution in [3.8, 4) is 11.1 Å². The summed E-state index contributed by atoms with van der Waals surface area (Å²) in [5.74, 6) is 0.678. The predicted molar refractivity (Wildman–Crippen MR) is 191 cm³/mol. The van der Waals surface area contributed by atoms with Gasteiger partial charge in [-0.1, -0.05) is 97.5 Å². The Morgan fingerprint density at radius 3 is 2.46 bits per heavy atom. The normalized spacial score (nSPS) is 19.3. The molecule has 3 heterocycles. The van der Waals surface area contributed by atoms with Crippen LogP contribution in [0.4, 0.5) is 0 Å². The zero-order valence-corrected chi connectivity index (χ0v) is 28.0. The number of hydrogen-bond acceptors (Lipinski definition) is 8. The standard InChI is InChI=1S/C39H35N3O4S2/c1-25-34(24-47-39-42-33-9-2-3-10-35(33)48-39)45-38(46-36(25)29-13-11-26(23-43)12-14-29)30-17-15-28(16-18-30)31-7-4-6-27(20-31)21-41-37(44)32-8-5-19-40-22-32/h2-20,22,25,34,36,38,43H,21,23-24H2,1H3,(H,41,44)/t25-,34+,36+,38+/m0/s1. The third-order valence-corrected chi connectivity index (χ3v) is 10.9. The maximum Gasteiger partial charge on any atom is 0.253 e. The first-order chi connectivity index (χ1) is 23.5. The second kappa shape index (κ2) is 14.8. The molecule has 7 nitrogen and oxygen atoms in total. The molecule has 4 aromatic carbocycles. The van der Waals surface area contributed by atoms with E-state index < -0.39 is 6.29 Å². The van der Waals surface area contributed by atoms with Crippen molar-refractivity contribution >= 4 is 39.2 Å². The van der Waals surface area contributed by atoms with Crippen LogP contribution in [0.2, 0.25) is 0 Å². The van der Waals surface area contributed by atoms with Crippen molar-refractivity contribution in [3.05, 3.63) is 149 Å². The highest BCUT2D eigenvalue weighted by Crippen LogP contribution is 2.43. The number of carbonyl (C=O) groups is 1. The smallest absolute Gasteiger partial charge is 0.253 e. The van der Waals surface area contributed by atoms with Crippen LogP contribution in [-0.4, -0.2) is 32.8 Å². The summed E-state index contributed by atoms with van der Waals surface area (Å²) in [6, 6.07) is 36.2. The number of aromatic nitrogens is 2. The summed E-state index contributed by atoms with van der Waals surface area (Å²) in [5.41, 5.74) is 7.55. The number of hydrogen-bond donors (Lipinski definition) is 2. The van der Waals surface area contributed by atoms with Gasteiger partial charge in [0.15, 0.2) is 10.6 Å². The second-order valence-electron chi connectivity index (χ2n) is 11.8. The van der Waals surface area contributed by atoms with Gasteiger partial charge in [-0.3, -0.25) is 9.78 Å². The molecule has 1 aliphatic rings. The van der Waals surface area contributed by atoms with Gasteiger partial charge < -0.3 is 19.9 Å². The Morgan fingerprint density at radius 2 is 1.69 bits per heavy atom. The Hall–Kier alpha value is -4.38. The van der Waals surface area contributed by atoms with E-state index in [1.54, 1.807) is 47.6 Å². The van der Waals surface area contributed by atoms with Gasteiger partial charge in [-0.05, 0) is 58.1 Å². The van der Waals surface area contributed by atoms with Gasteiger partial charge in [0.1, 0.15) is 0 Å². The van der Waals surface area contributed by atoms with Gasteiger partial charge in [0, 0.05) is 36.2 Å². The topological polar surface area (TPSA) is 93.6 Å². The highest BCUT2D eigenvalue weighted by atomic mass is 32.2. The number of nitrogens with one attached hydrogen (secondary N) is 1. The highest BCUT2D eigenvalue weighted by molar-refractivity contribution is 8.01. The Bertz CT molecular complexity index is 1950. The summed E-state index contributed by atoms with van der Waals surface area (Å²) in [5, 5.41) is 12.6. The van der Waals surface area contributed by atoms with Gasteiger partial charge in [-0.2, -0.15) is 0 Å². The number of para-hydroxylation sites is 1. The van der Waals surface area contributed by atoms with E-state index in [9.17, 15) is 9.90 Å². The first-order valence-corrected chi connectivity index (χ1v) is 17.7. The summed E-state index contributed by atoms with van der Waals surface area (Å²) in [6.07, 6.45) is 2.40. The molecule has 7 rings (SSSR count).